The normalized spacial score (nSPS) is 13.8. The Bertz CT molecular complexity index is 1140. The first kappa shape index (κ1) is 20.3. The average Bonchev–Trinajstić information content (AvgIpc) is 3.07. The van der Waals surface area contributed by atoms with Gasteiger partial charge in [0.25, 0.3) is 17.5 Å². The monoisotopic (exact) mass is 445 g/mol. The van der Waals surface area contributed by atoms with Crippen molar-refractivity contribution in [3.05, 3.63) is 44.3 Å². The minimum absolute atomic E-state index is 0.0686. The van der Waals surface area contributed by atoms with Crippen LogP contribution in [0.25, 0.3) is 10.2 Å². The van der Waals surface area contributed by atoms with E-state index in [9.17, 15) is 22.4 Å². The summed E-state index contributed by atoms with van der Waals surface area (Å²) in [6.07, 6.45) is 3.61. The van der Waals surface area contributed by atoms with Gasteiger partial charge >= 0.3 is 0 Å². The fraction of sp³-hybridized carbons (Fsp3) is 0.389. The van der Waals surface area contributed by atoms with Gasteiger partial charge in [0.2, 0.25) is 0 Å². The lowest BCUT2D eigenvalue weighted by molar-refractivity contribution is 0.183. The summed E-state index contributed by atoms with van der Waals surface area (Å²) in [5, 5.41) is 0.430. The fourth-order valence-corrected chi connectivity index (χ4v) is 5.59. The number of pyridine rings is 1. The van der Waals surface area contributed by atoms with Crippen molar-refractivity contribution in [1.29, 1.82) is 0 Å². The van der Waals surface area contributed by atoms with E-state index in [1.807, 2.05) is 0 Å². The molecule has 11 heteroatoms. The van der Waals surface area contributed by atoms with Crippen LogP contribution in [0, 0.1) is 23.5 Å². The molecule has 3 heterocycles. The highest BCUT2D eigenvalue weighted by Crippen LogP contribution is 2.37. The summed E-state index contributed by atoms with van der Waals surface area (Å²) >= 11 is 1.72. The summed E-state index contributed by atoms with van der Waals surface area (Å²) in [6.45, 7) is 0.224. The number of rotatable bonds is 5. The van der Waals surface area contributed by atoms with E-state index in [1.54, 1.807) is 0 Å². The lowest BCUT2D eigenvalue weighted by Crippen LogP contribution is -2.25. The topological polar surface area (TPSA) is 57.0 Å². The molecular weight excluding hydrogens is 430 g/mol. The van der Waals surface area contributed by atoms with Gasteiger partial charge in [-0.2, -0.15) is 13.8 Å². The second kappa shape index (κ2) is 8.04. The molecule has 0 fully saturated rings. The van der Waals surface area contributed by atoms with Gasteiger partial charge in [-0.15, -0.1) is 11.3 Å². The first-order chi connectivity index (χ1) is 13.9. The molecule has 0 unspecified atom stereocenters. The summed E-state index contributed by atoms with van der Waals surface area (Å²) in [7, 11) is 1.45. The van der Waals surface area contributed by atoms with E-state index in [-0.39, 0.29) is 23.9 Å². The minimum atomic E-state index is -1.76. The molecule has 0 aromatic carbocycles. The molecule has 4 rings (SSSR count). The van der Waals surface area contributed by atoms with E-state index < -0.39 is 28.4 Å². The second-order valence-corrected chi connectivity index (χ2v) is 8.55. The summed E-state index contributed by atoms with van der Waals surface area (Å²) in [6, 6.07) is 0. The molecule has 0 aliphatic heterocycles. The highest BCUT2D eigenvalue weighted by Gasteiger charge is 2.26. The number of halogens is 4. The maximum atomic E-state index is 14.1. The van der Waals surface area contributed by atoms with Crippen molar-refractivity contribution >= 4 is 33.3 Å². The molecule has 29 heavy (non-hydrogen) atoms. The van der Waals surface area contributed by atoms with E-state index in [2.05, 4.69) is 9.97 Å². The third kappa shape index (κ3) is 3.55. The minimum Gasteiger partial charge on any atom is -0.383 e. The molecule has 0 radical (unpaired) electrons. The molecule has 1 aliphatic rings. The van der Waals surface area contributed by atoms with Crippen molar-refractivity contribution in [2.24, 2.45) is 0 Å². The van der Waals surface area contributed by atoms with Crippen LogP contribution in [0.5, 0.6) is 0 Å². The number of methoxy groups -OCH3 is 1. The van der Waals surface area contributed by atoms with Gasteiger partial charge in [-0.1, -0.05) is 0 Å². The fourth-order valence-electron chi connectivity index (χ4n) is 3.33. The number of aromatic nitrogens is 3. The Hall–Kier alpha value is -1.98. The van der Waals surface area contributed by atoms with Gasteiger partial charge in [0.05, 0.1) is 23.4 Å². The molecule has 5 nitrogen and oxygen atoms in total. The number of hydrogen-bond donors (Lipinski definition) is 0. The van der Waals surface area contributed by atoms with E-state index in [0.717, 1.165) is 36.1 Å². The highest BCUT2D eigenvalue weighted by atomic mass is 32.2. The van der Waals surface area contributed by atoms with Crippen LogP contribution in [-0.2, 0) is 24.1 Å². The third-order valence-corrected chi connectivity index (χ3v) is 6.95. The Morgan fingerprint density at radius 3 is 2.48 bits per heavy atom. The number of nitrogens with zero attached hydrogens (tertiary/aromatic N) is 3. The highest BCUT2D eigenvalue weighted by molar-refractivity contribution is 7.99. The van der Waals surface area contributed by atoms with Crippen LogP contribution in [0.15, 0.2) is 14.8 Å². The molecule has 0 atom stereocenters. The number of ether oxygens (including phenoxy) is 1. The quantitative estimate of drug-likeness (QED) is 0.337. The van der Waals surface area contributed by atoms with Gasteiger partial charge in [0.15, 0.2) is 16.8 Å². The van der Waals surface area contributed by atoms with Gasteiger partial charge in [-0.25, -0.2) is 13.8 Å². The predicted octanol–water partition coefficient (Wildman–Crippen LogP) is 4.09. The van der Waals surface area contributed by atoms with Crippen LogP contribution in [0.3, 0.4) is 0 Å². The molecule has 1 aliphatic carbocycles. The Kier molecular flexibility index (Phi) is 5.63. The third-order valence-electron chi connectivity index (χ3n) is 4.71. The second-order valence-electron chi connectivity index (χ2n) is 6.49. The molecule has 0 spiro atoms. The maximum Gasteiger partial charge on any atom is 0.263 e. The Balaban J connectivity index is 1.91. The Morgan fingerprint density at radius 2 is 1.79 bits per heavy atom. The van der Waals surface area contributed by atoms with Crippen molar-refractivity contribution in [3.63, 3.8) is 0 Å². The van der Waals surface area contributed by atoms with Gasteiger partial charge in [0, 0.05) is 12.0 Å². The molecule has 3 aromatic heterocycles. The smallest absolute Gasteiger partial charge is 0.263 e. The van der Waals surface area contributed by atoms with Gasteiger partial charge in [-0.3, -0.25) is 9.36 Å². The molecule has 154 valence electrons. The number of aryl methyl sites for hydroxylation is 2. The maximum absolute atomic E-state index is 14.1. The molecule has 0 saturated carbocycles. The summed E-state index contributed by atoms with van der Waals surface area (Å²) in [5.74, 6) is -6.78. The SMILES string of the molecule is COCCn1c(Sc2c(F)c(F)nc(F)c2F)nc2sc3c(c2c1=O)CCCC3. The van der Waals surface area contributed by atoms with E-state index >= 15 is 0 Å². The van der Waals surface area contributed by atoms with E-state index in [1.165, 1.54) is 23.0 Å². The van der Waals surface area contributed by atoms with Crippen molar-refractivity contribution < 1.29 is 22.3 Å². The standard InChI is InChI=1S/C18H15F4N3O2S2/c1-27-7-6-25-17(26)10-8-4-2-3-5-9(8)28-16(10)24-18(25)29-13-11(19)14(21)23-15(22)12(13)20/h2-7H2,1H3. The number of hydrogen-bond acceptors (Lipinski definition) is 6. The largest absolute Gasteiger partial charge is 0.383 e. The van der Waals surface area contributed by atoms with Crippen LogP contribution < -0.4 is 5.56 Å². The van der Waals surface area contributed by atoms with Crippen LogP contribution in [-0.4, -0.2) is 28.3 Å². The molecule has 0 amide bonds. The molecule has 0 saturated heterocycles. The van der Waals surface area contributed by atoms with Crippen LogP contribution in [0.1, 0.15) is 23.3 Å². The Labute approximate surface area is 170 Å². The molecule has 0 N–H and O–H groups in total. The number of thiophene rings is 1. The lowest BCUT2D eigenvalue weighted by atomic mass is 9.97. The van der Waals surface area contributed by atoms with E-state index in [0.29, 0.717) is 22.0 Å². The van der Waals surface area contributed by atoms with Crippen LogP contribution in [0.4, 0.5) is 17.6 Å². The lowest BCUT2D eigenvalue weighted by Gasteiger charge is -2.13. The van der Waals surface area contributed by atoms with Crippen molar-refractivity contribution in [3.8, 4) is 0 Å². The van der Waals surface area contributed by atoms with Crippen LogP contribution >= 0.6 is 23.1 Å². The molecule has 3 aromatic rings. The van der Waals surface area contributed by atoms with Gasteiger partial charge in [-0.05, 0) is 43.0 Å². The van der Waals surface area contributed by atoms with Crippen molar-refractivity contribution in [2.45, 2.75) is 42.3 Å². The Morgan fingerprint density at radius 1 is 1.10 bits per heavy atom. The summed E-state index contributed by atoms with van der Waals surface area (Å²) in [4.78, 5) is 20.8. The van der Waals surface area contributed by atoms with Crippen LogP contribution in [0.2, 0.25) is 0 Å². The number of fused-ring (bicyclic) bond motifs is 3. The van der Waals surface area contributed by atoms with E-state index in [4.69, 9.17) is 4.74 Å². The zero-order valence-electron chi connectivity index (χ0n) is 15.2. The first-order valence-corrected chi connectivity index (χ1v) is 10.5. The average molecular weight is 445 g/mol. The summed E-state index contributed by atoms with van der Waals surface area (Å²) < 4.78 is 61.5. The first-order valence-electron chi connectivity index (χ1n) is 8.84. The summed E-state index contributed by atoms with van der Waals surface area (Å²) in [5.41, 5.74) is 0.611. The zero-order valence-corrected chi connectivity index (χ0v) is 16.9. The van der Waals surface area contributed by atoms with Crippen molar-refractivity contribution in [2.75, 3.05) is 13.7 Å². The molecular formula is C18H15F4N3O2S2. The zero-order chi connectivity index (χ0) is 20.7. The van der Waals surface area contributed by atoms with Gasteiger partial charge < -0.3 is 4.74 Å². The van der Waals surface area contributed by atoms with Crippen molar-refractivity contribution in [1.82, 2.24) is 14.5 Å². The van der Waals surface area contributed by atoms with Gasteiger partial charge in [0.1, 0.15) is 4.83 Å². The predicted molar refractivity (Wildman–Crippen MR) is 101 cm³/mol. The molecule has 0 bridgehead atoms.